The van der Waals surface area contributed by atoms with Crippen LogP contribution >= 0.6 is 10.8 Å². The smallest absolute Gasteiger partial charge is 0.144 e. The summed E-state index contributed by atoms with van der Waals surface area (Å²) in [7, 11) is 0.0207. The van der Waals surface area contributed by atoms with Crippen LogP contribution in [0, 0.1) is 0 Å². The molecule has 226 valence electrons. The number of ether oxygens (including phenoxy) is 5. The summed E-state index contributed by atoms with van der Waals surface area (Å²) < 4.78 is 45.2. The second kappa shape index (κ2) is 16.9. The highest BCUT2D eigenvalue weighted by Gasteiger charge is 2.49. The number of rotatable bonds is 15. The average molecular weight is 619 g/mol. The highest BCUT2D eigenvalue weighted by molar-refractivity contribution is 8.69. The van der Waals surface area contributed by atoms with Gasteiger partial charge in [-0.15, -0.1) is 0 Å². The number of hydrogen-bond acceptors (Lipinski definition) is 7. The van der Waals surface area contributed by atoms with Crippen LogP contribution in [0.15, 0.2) is 121 Å². The Morgan fingerprint density at radius 1 is 0.581 bits per heavy atom. The minimum atomic E-state index is -1.21. The largest absolute Gasteiger partial charge is 0.374 e. The lowest BCUT2D eigenvalue weighted by Gasteiger charge is -2.45. The molecule has 4 aromatic rings. The van der Waals surface area contributed by atoms with E-state index >= 15 is 0 Å². The first-order valence-corrected chi connectivity index (χ1v) is 17.4. The van der Waals surface area contributed by atoms with Crippen molar-refractivity contribution in [3.63, 3.8) is 0 Å². The molecule has 6 atom stereocenters. The molecule has 1 saturated heterocycles. The summed E-state index contributed by atoms with van der Waals surface area (Å²) in [5.41, 5.74) is 3.62. The van der Waals surface area contributed by atoms with Gasteiger partial charge in [-0.3, -0.25) is 0 Å². The fourth-order valence-corrected chi connectivity index (χ4v) is 7.02. The Hall–Kier alpha value is -2.82. The van der Waals surface area contributed by atoms with E-state index in [9.17, 15) is 4.21 Å². The van der Waals surface area contributed by atoms with Gasteiger partial charge in [0.1, 0.15) is 29.9 Å². The Labute approximate surface area is 260 Å². The van der Waals surface area contributed by atoms with Gasteiger partial charge in [0.05, 0.1) is 42.9 Å². The second-order valence-corrected chi connectivity index (χ2v) is 13.8. The molecule has 0 aromatic heterocycles. The molecule has 0 spiro atoms. The van der Waals surface area contributed by atoms with Gasteiger partial charge in [0, 0.05) is 6.26 Å². The van der Waals surface area contributed by atoms with E-state index in [0.29, 0.717) is 26.4 Å². The van der Waals surface area contributed by atoms with Crippen LogP contribution in [0.25, 0.3) is 0 Å². The topological polar surface area (TPSA) is 63.2 Å². The van der Waals surface area contributed by atoms with Crippen molar-refractivity contribution < 1.29 is 27.9 Å². The fourth-order valence-electron chi connectivity index (χ4n) is 4.96. The Kier molecular flexibility index (Phi) is 12.4. The molecule has 1 heterocycles. The zero-order valence-electron chi connectivity index (χ0n) is 24.2. The van der Waals surface area contributed by atoms with Crippen LogP contribution in [-0.4, -0.2) is 46.9 Å². The van der Waals surface area contributed by atoms with Gasteiger partial charge in [0.25, 0.3) is 0 Å². The maximum Gasteiger partial charge on any atom is 0.144 e. The first-order chi connectivity index (χ1) is 21.2. The quantitative estimate of drug-likeness (QED) is 0.137. The predicted octanol–water partition coefficient (Wildman–Crippen LogP) is 6.71. The Bertz CT molecular complexity index is 1360. The third kappa shape index (κ3) is 9.84. The molecule has 0 radical (unpaired) electrons. The predicted molar refractivity (Wildman–Crippen MR) is 171 cm³/mol. The molecule has 1 aliphatic rings. The summed E-state index contributed by atoms with van der Waals surface area (Å²) in [6, 6.07) is 40.1. The van der Waals surface area contributed by atoms with Crippen molar-refractivity contribution in [3.8, 4) is 0 Å². The van der Waals surface area contributed by atoms with Gasteiger partial charge in [0.15, 0.2) is 0 Å². The van der Waals surface area contributed by atoms with Gasteiger partial charge >= 0.3 is 0 Å². The summed E-state index contributed by atoms with van der Waals surface area (Å²) in [5, 5.41) is 0. The molecular formula is C35H38O6S2. The normalized spacial score (nSPS) is 22.7. The Morgan fingerprint density at radius 3 is 1.42 bits per heavy atom. The summed E-state index contributed by atoms with van der Waals surface area (Å²) in [6.07, 6.45) is -0.411. The van der Waals surface area contributed by atoms with Crippen molar-refractivity contribution in [2.45, 2.75) is 56.3 Å². The molecule has 0 aliphatic carbocycles. The first-order valence-electron chi connectivity index (χ1n) is 14.4. The van der Waals surface area contributed by atoms with Crippen molar-refractivity contribution in [2.75, 3.05) is 12.9 Å². The molecule has 1 fully saturated rings. The van der Waals surface area contributed by atoms with Crippen molar-refractivity contribution in [2.24, 2.45) is 0 Å². The molecule has 0 N–H and O–H groups in total. The van der Waals surface area contributed by atoms with Crippen molar-refractivity contribution in [1.82, 2.24) is 0 Å². The van der Waals surface area contributed by atoms with Gasteiger partial charge in [-0.05, 0) is 33.0 Å². The van der Waals surface area contributed by atoms with E-state index in [1.165, 1.54) is 10.8 Å². The van der Waals surface area contributed by atoms with Crippen LogP contribution in [0.3, 0.4) is 0 Å². The fraction of sp³-hybridized carbons (Fsp3) is 0.314. The average Bonchev–Trinajstić information content (AvgIpc) is 3.04. The monoisotopic (exact) mass is 618 g/mol. The molecule has 8 heteroatoms. The van der Waals surface area contributed by atoms with Crippen LogP contribution in [-0.2, 0) is 59.9 Å². The molecule has 5 rings (SSSR count). The molecule has 4 aromatic carbocycles. The molecule has 0 amide bonds. The van der Waals surface area contributed by atoms with E-state index in [-0.39, 0.29) is 6.61 Å². The van der Waals surface area contributed by atoms with Crippen molar-refractivity contribution in [3.05, 3.63) is 144 Å². The van der Waals surface area contributed by atoms with Crippen LogP contribution in [0.5, 0.6) is 0 Å². The summed E-state index contributed by atoms with van der Waals surface area (Å²) in [4.78, 5) is 0. The van der Waals surface area contributed by atoms with Gasteiger partial charge < -0.3 is 23.7 Å². The lowest BCUT2D eigenvalue weighted by molar-refractivity contribution is -0.254. The first kappa shape index (κ1) is 31.6. The lowest BCUT2D eigenvalue weighted by Crippen LogP contribution is -2.60. The molecule has 0 bridgehead atoms. The van der Waals surface area contributed by atoms with E-state index in [1.54, 1.807) is 6.26 Å². The Morgan fingerprint density at radius 2 is 0.977 bits per heavy atom. The lowest BCUT2D eigenvalue weighted by atomic mass is 9.98. The minimum Gasteiger partial charge on any atom is -0.374 e. The van der Waals surface area contributed by atoms with Crippen LogP contribution in [0.1, 0.15) is 22.3 Å². The highest BCUT2D eigenvalue weighted by atomic mass is 33.1. The second-order valence-electron chi connectivity index (χ2n) is 10.3. The molecular weight excluding hydrogens is 581 g/mol. The zero-order valence-corrected chi connectivity index (χ0v) is 25.9. The van der Waals surface area contributed by atoms with E-state index in [2.05, 4.69) is 0 Å². The standard InChI is InChI=1S/C35H38O6S2/c1-43(36)42-35-34(40-25-30-20-12-5-13-21-30)33(39-24-29-18-10-4-11-19-29)32(38-23-28-16-8-3-9-17-28)31(41-35)26-37-22-27-14-6-2-7-15-27/h2-21,31-35H,22-26H2,1H3/t31-,32-,33+,34-,35?,43?/m1/s1. The van der Waals surface area contributed by atoms with E-state index in [4.69, 9.17) is 23.7 Å². The maximum atomic E-state index is 12.6. The van der Waals surface area contributed by atoms with Gasteiger partial charge in [-0.2, -0.15) is 0 Å². The van der Waals surface area contributed by atoms with Gasteiger partial charge in [-0.1, -0.05) is 121 Å². The summed E-state index contributed by atoms with van der Waals surface area (Å²) in [5.74, 6) is 0. The number of benzene rings is 4. The summed E-state index contributed by atoms with van der Waals surface area (Å²) in [6.45, 7) is 1.81. The highest BCUT2D eigenvalue weighted by Crippen LogP contribution is 2.36. The zero-order chi connectivity index (χ0) is 29.7. The summed E-state index contributed by atoms with van der Waals surface area (Å²) >= 11 is 0. The van der Waals surface area contributed by atoms with Gasteiger partial charge in [0.2, 0.25) is 0 Å². The van der Waals surface area contributed by atoms with Crippen LogP contribution < -0.4 is 0 Å². The Balaban J connectivity index is 1.42. The van der Waals surface area contributed by atoms with Gasteiger partial charge in [-0.25, -0.2) is 4.21 Å². The van der Waals surface area contributed by atoms with E-state index in [0.717, 1.165) is 22.3 Å². The van der Waals surface area contributed by atoms with Crippen LogP contribution in [0.2, 0.25) is 0 Å². The number of hydrogen-bond donors (Lipinski definition) is 0. The molecule has 1 aliphatic heterocycles. The van der Waals surface area contributed by atoms with E-state index < -0.39 is 39.7 Å². The van der Waals surface area contributed by atoms with E-state index in [1.807, 2.05) is 121 Å². The third-order valence-corrected chi connectivity index (χ3v) is 9.29. The van der Waals surface area contributed by atoms with Crippen molar-refractivity contribution in [1.29, 1.82) is 0 Å². The minimum absolute atomic E-state index is 0.276. The SMILES string of the molecule is CS(=O)SC1O[C@H](COCc2ccccc2)[C@@H](OCc2ccccc2)[C@H](OCc2ccccc2)[C@H]1OCc1ccccc1. The third-order valence-electron chi connectivity index (χ3n) is 7.07. The van der Waals surface area contributed by atoms with Crippen LogP contribution in [0.4, 0.5) is 0 Å². The molecule has 0 saturated carbocycles. The van der Waals surface area contributed by atoms with Crippen molar-refractivity contribution >= 4 is 20.6 Å². The maximum absolute atomic E-state index is 12.6. The molecule has 43 heavy (non-hydrogen) atoms. The molecule has 2 unspecified atom stereocenters. The molecule has 6 nitrogen and oxygen atoms in total.